The first kappa shape index (κ1) is 15.6. The molecule has 0 aromatic rings. The van der Waals surface area contributed by atoms with Gasteiger partial charge < -0.3 is 15.4 Å². The molecule has 0 aromatic carbocycles. The maximum Gasteiger partial charge on any atom is 0.315 e. The van der Waals surface area contributed by atoms with Crippen LogP contribution in [0, 0.1) is 5.92 Å². The van der Waals surface area contributed by atoms with E-state index in [9.17, 15) is 4.79 Å². The summed E-state index contributed by atoms with van der Waals surface area (Å²) in [6.45, 7) is 7.76. The SMILES string of the molecule is CC1CCCCC1NC(=O)NCCCN1CCOCC1. The van der Waals surface area contributed by atoms with E-state index in [1.165, 1.54) is 19.3 Å². The van der Waals surface area contributed by atoms with Gasteiger partial charge in [-0.1, -0.05) is 19.8 Å². The van der Waals surface area contributed by atoms with Crippen LogP contribution in [0.25, 0.3) is 0 Å². The van der Waals surface area contributed by atoms with Crippen molar-refractivity contribution >= 4 is 6.03 Å². The lowest BCUT2D eigenvalue weighted by molar-refractivity contribution is 0.0375. The maximum atomic E-state index is 11.9. The van der Waals surface area contributed by atoms with Gasteiger partial charge in [-0.15, -0.1) is 0 Å². The number of amides is 2. The average molecular weight is 283 g/mol. The second-order valence-corrected chi connectivity index (χ2v) is 6.08. The van der Waals surface area contributed by atoms with Crippen LogP contribution in [0.5, 0.6) is 0 Å². The molecule has 1 aliphatic heterocycles. The zero-order valence-electron chi connectivity index (χ0n) is 12.7. The third kappa shape index (κ3) is 5.29. The lowest BCUT2D eigenvalue weighted by Gasteiger charge is -2.29. The van der Waals surface area contributed by atoms with E-state index in [1.807, 2.05) is 0 Å². The van der Waals surface area contributed by atoms with Gasteiger partial charge in [-0.25, -0.2) is 4.79 Å². The molecule has 2 unspecified atom stereocenters. The summed E-state index contributed by atoms with van der Waals surface area (Å²) in [4.78, 5) is 14.2. The Morgan fingerprint density at radius 1 is 1.25 bits per heavy atom. The van der Waals surface area contributed by atoms with Crippen molar-refractivity contribution in [1.29, 1.82) is 0 Å². The smallest absolute Gasteiger partial charge is 0.315 e. The minimum atomic E-state index is 0.00530. The van der Waals surface area contributed by atoms with Crippen molar-refractivity contribution in [3.05, 3.63) is 0 Å². The zero-order chi connectivity index (χ0) is 14.2. The van der Waals surface area contributed by atoms with Crippen LogP contribution >= 0.6 is 0 Å². The van der Waals surface area contributed by atoms with Crippen molar-refractivity contribution in [3.63, 3.8) is 0 Å². The van der Waals surface area contributed by atoms with Crippen LogP contribution in [-0.2, 0) is 4.74 Å². The molecule has 2 N–H and O–H groups in total. The van der Waals surface area contributed by atoms with Crippen molar-refractivity contribution in [3.8, 4) is 0 Å². The average Bonchev–Trinajstić information content (AvgIpc) is 2.47. The summed E-state index contributed by atoms with van der Waals surface area (Å²) in [6, 6.07) is 0.369. The molecule has 0 spiro atoms. The van der Waals surface area contributed by atoms with Gasteiger partial charge >= 0.3 is 6.03 Å². The molecule has 0 radical (unpaired) electrons. The first-order chi connectivity index (χ1) is 9.75. The topological polar surface area (TPSA) is 53.6 Å². The minimum absolute atomic E-state index is 0.00530. The molecule has 5 heteroatoms. The molecule has 1 saturated heterocycles. The van der Waals surface area contributed by atoms with Gasteiger partial charge in [-0.2, -0.15) is 0 Å². The second-order valence-electron chi connectivity index (χ2n) is 6.08. The van der Waals surface area contributed by atoms with E-state index in [-0.39, 0.29) is 6.03 Å². The van der Waals surface area contributed by atoms with Crippen LogP contribution in [-0.4, -0.2) is 56.4 Å². The molecular weight excluding hydrogens is 254 g/mol. The Hall–Kier alpha value is -0.810. The third-order valence-corrected chi connectivity index (χ3v) is 4.47. The van der Waals surface area contributed by atoms with Crippen molar-refractivity contribution < 1.29 is 9.53 Å². The van der Waals surface area contributed by atoms with E-state index in [4.69, 9.17) is 4.74 Å². The number of morpholine rings is 1. The molecule has 2 aliphatic rings. The van der Waals surface area contributed by atoms with Gasteiger partial charge in [0.1, 0.15) is 0 Å². The molecule has 2 amide bonds. The molecule has 20 heavy (non-hydrogen) atoms. The standard InChI is InChI=1S/C15H29N3O2/c1-13-5-2-3-6-14(13)17-15(19)16-7-4-8-18-9-11-20-12-10-18/h13-14H,2-12H2,1H3,(H2,16,17,19). The summed E-state index contributed by atoms with van der Waals surface area (Å²) in [7, 11) is 0. The van der Waals surface area contributed by atoms with E-state index in [2.05, 4.69) is 22.5 Å². The summed E-state index contributed by atoms with van der Waals surface area (Å²) in [6.07, 6.45) is 5.92. The Balaban J connectivity index is 1.53. The van der Waals surface area contributed by atoms with Crippen LogP contribution < -0.4 is 10.6 Å². The van der Waals surface area contributed by atoms with E-state index >= 15 is 0 Å². The molecule has 5 nitrogen and oxygen atoms in total. The molecule has 1 heterocycles. The number of rotatable bonds is 5. The number of carbonyl (C=O) groups is 1. The van der Waals surface area contributed by atoms with E-state index in [1.54, 1.807) is 0 Å². The fourth-order valence-corrected chi connectivity index (χ4v) is 3.08. The van der Waals surface area contributed by atoms with Crippen LogP contribution in [0.15, 0.2) is 0 Å². The van der Waals surface area contributed by atoms with Crippen LogP contribution in [0.1, 0.15) is 39.0 Å². The monoisotopic (exact) mass is 283 g/mol. The predicted octanol–water partition coefficient (Wildman–Crippen LogP) is 1.59. The molecule has 2 rings (SSSR count). The number of nitrogens with zero attached hydrogens (tertiary/aromatic N) is 1. The number of urea groups is 1. The van der Waals surface area contributed by atoms with Crippen LogP contribution in [0.3, 0.4) is 0 Å². The summed E-state index contributed by atoms with van der Waals surface area (Å²) in [5, 5.41) is 6.11. The van der Waals surface area contributed by atoms with Gasteiger partial charge in [-0.05, 0) is 31.7 Å². The molecular formula is C15H29N3O2. The fourth-order valence-electron chi connectivity index (χ4n) is 3.08. The Kier molecular flexibility index (Phi) is 6.60. The lowest BCUT2D eigenvalue weighted by atomic mass is 9.86. The van der Waals surface area contributed by atoms with Gasteiger partial charge in [-0.3, -0.25) is 4.90 Å². The van der Waals surface area contributed by atoms with Gasteiger partial charge in [0, 0.05) is 25.7 Å². The van der Waals surface area contributed by atoms with Gasteiger partial charge in [0.2, 0.25) is 0 Å². The first-order valence-corrected chi connectivity index (χ1v) is 8.10. The number of hydrogen-bond acceptors (Lipinski definition) is 3. The van der Waals surface area contributed by atoms with Crippen molar-refractivity contribution in [2.24, 2.45) is 5.92 Å². The summed E-state index contributed by atoms with van der Waals surface area (Å²) < 4.78 is 5.32. The summed E-state index contributed by atoms with van der Waals surface area (Å²) in [5.41, 5.74) is 0. The number of ether oxygens (including phenoxy) is 1. The number of hydrogen-bond donors (Lipinski definition) is 2. The molecule has 2 fully saturated rings. The Morgan fingerprint density at radius 3 is 2.75 bits per heavy atom. The molecule has 1 aliphatic carbocycles. The second kappa shape index (κ2) is 8.47. The molecule has 0 aromatic heterocycles. The summed E-state index contributed by atoms with van der Waals surface area (Å²) >= 11 is 0. The largest absolute Gasteiger partial charge is 0.379 e. The normalized spacial score (nSPS) is 28.1. The van der Waals surface area contributed by atoms with Gasteiger partial charge in [0.15, 0.2) is 0 Å². The number of nitrogens with one attached hydrogen (secondary N) is 2. The Morgan fingerprint density at radius 2 is 2.00 bits per heavy atom. The first-order valence-electron chi connectivity index (χ1n) is 8.10. The third-order valence-electron chi connectivity index (χ3n) is 4.47. The lowest BCUT2D eigenvalue weighted by Crippen LogP contribution is -2.46. The van der Waals surface area contributed by atoms with E-state index in [0.717, 1.165) is 52.2 Å². The highest BCUT2D eigenvalue weighted by atomic mass is 16.5. The Bertz CT molecular complexity index is 293. The zero-order valence-corrected chi connectivity index (χ0v) is 12.7. The Labute approximate surface area is 122 Å². The molecule has 116 valence electrons. The summed E-state index contributed by atoms with van der Waals surface area (Å²) in [5.74, 6) is 0.614. The quantitative estimate of drug-likeness (QED) is 0.753. The van der Waals surface area contributed by atoms with Crippen molar-refractivity contribution in [1.82, 2.24) is 15.5 Å². The molecule has 2 atom stereocenters. The van der Waals surface area contributed by atoms with Crippen molar-refractivity contribution in [2.45, 2.75) is 45.1 Å². The van der Waals surface area contributed by atoms with E-state index < -0.39 is 0 Å². The predicted molar refractivity (Wildman–Crippen MR) is 79.8 cm³/mol. The minimum Gasteiger partial charge on any atom is -0.379 e. The van der Waals surface area contributed by atoms with Crippen LogP contribution in [0.4, 0.5) is 4.79 Å². The van der Waals surface area contributed by atoms with E-state index in [0.29, 0.717) is 12.0 Å². The fraction of sp³-hybridized carbons (Fsp3) is 0.933. The highest BCUT2D eigenvalue weighted by molar-refractivity contribution is 5.74. The van der Waals surface area contributed by atoms with Gasteiger partial charge in [0.05, 0.1) is 13.2 Å². The highest BCUT2D eigenvalue weighted by Gasteiger charge is 2.22. The van der Waals surface area contributed by atoms with Gasteiger partial charge in [0.25, 0.3) is 0 Å². The molecule has 0 bridgehead atoms. The maximum absolute atomic E-state index is 11.9. The van der Waals surface area contributed by atoms with Crippen molar-refractivity contribution in [2.75, 3.05) is 39.4 Å². The van der Waals surface area contributed by atoms with Crippen LogP contribution in [0.2, 0.25) is 0 Å². The molecule has 1 saturated carbocycles. The number of carbonyl (C=O) groups excluding carboxylic acids is 1. The highest BCUT2D eigenvalue weighted by Crippen LogP contribution is 2.23.